The molecule has 1 aliphatic heterocycles. The van der Waals surface area contributed by atoms with Crippen molar-refractivity contribution in [2.75, 3.05) is 13.1 Å². The van der Waals surface area contributed by atoms with E-state index in [0.29, 0.717) is 32.4 Å². The Morgan fingerprint density at radius 2 is 1.87 bits per heavy atom. The molecular weight excluding hydrogens is 338 g/mol. The number of hydrogen-bond donors (Lipinski definition) is 2. The molecule has 3 N–H and O–H groups in total. The molecule has 8 heteroatoms. The van der Waals surface area contributed by atoms with Crippen LogP contribution in [0, 0.1) is 0 Å². The number of carbonyl (C=O) groups excluding carboxylic acids is 1. The van der Waals surface area contributed by atoms with E-state index < -0.39 is 10.0 Å². The fraction of sp³-hybridized carbons (Fsp3) is 0.533. The van der Waals surface area contributed by atoms with E-state index in [1.54, 1.807) is 42.2 Å². The molecule has 0 bridgehead atoms. The van der Waals surface area contributed by atoms with Crippen molar-refractivity contribution in [1.29, 1.82) is 0 Å². The lowest BCUT2D eigenvalue weighted by Gasteiger charge is -2.32. The number of nitrogens with two attached hydrogens (primary N) is 1. The molecule has 1 aliphatic rings. The number of carbonyl (C=O) groups is 1. The average Bonchev–Trinajstić information content (AvgIpc) is 2.48. The first-order valence-corrected chi connectivity index (χ1v) is 8.97. The number of likely N-dealkylation sites (tertiary alicyclic amines) is 1. The summed E-state index contributed by atoms with van der Waals surface area (Å²) in [6, 6.07) is 8.04. The number of rotatable bonds is 5. The van der Waals surface area contributed by atoms with E-state index in [9.17, 15) is 13.2 Å². The highest BCUT2D eigenvalue weighted by molar-refractivity contribution is 7.89. The Morgan fingerprint density at radius 3 is 2.39 bits per heavy atom. The van der Waals surface area contributed by atoms with Gasteiger partial charge in [0.25, 0.3) is 0 Å². The van der Waals surface area contributed by atoms with Crippen molar-refractivity contribution in [1.82, 2.24) is 9.62 Å². The Hall–Kier alpha value is -1.15. The molecule has 1 heterocycles. The molecule has 0 saturated carbocycles. The smallest absolute Gasteiger partial charge is 0.240 e. The minimum absolute atomic E-state index is 0. The van der Waals surface area contributed by atoms with Gasteiger partial charge in [0.1, 0.15) is 0 Å². The summed E-state index contributed by atoms with van der Waals surface area (Å²) in [4.78, 5) is 14.0. The van der Waals surface area contributed by atoms with Crippen LogP contribution in [0.3, 0.4) is 0 Å². The van der Waals surface area contributed by atoms with Crippen LogP contribution in [0.15, 0.2) is 35.2 Å². The van der Waals surface area contributed by atoms with E-state index in [2.05, 4.69) is 4.72 Å². The molecular formula is C15H24ClN3O3S. The molecule has 130 valence electrons. The average molecular weight is 362 g/mol. The highest BCUT2D eigenvalue weighted by Crippen LogP contribution is 2.15. The monoisotopic (exact) mass is 361 g/mol. The Morgan fingerprint density at radius 1 is 1.30 bits per heavy atom. The van der Waals surface area contributed by atoms with Gasteiger partial charge in [-0.3, -0.25) is 4.79 Å². The van der Waals surface area contributed by atoms with E-state index >= 15 is 0 Å². The van der Waals surface area contributed by atoms with Crippen molar-refractivity contribution in [2.24, 2.45) is 5.73 Å². The van der Waals surface area contributed by atoms with Crippen LogP contribution in [0.1, 0.15) is 26.2 Å². The zero-order valence-electron chi connectivity index (χ0n) is 13.1. The van der Waals surface area contributed by atoms with Gasteiger partial charge in [-0.15, -0.1) is 12.4 Å². The van der Waals surface area contributed by atoms with E-state index in [1.165, 1.54) is 0 Å². The van der Waals surface area contributed by atoms with E-state index in [-0.39, 0.29) is 35.3 Å². The van der Waals surface area contributed by atoms with Gasteiger partial charge in [0.15, 0.2) is 0 Å². The first-order valence-electron chi connectivity index (χ1n) is 7.49. The predicted octanol–water partition coefficient (Wildman–Crippen LogP) is 1.11. The minimum atomic E-state index is -3.49. The second-order valence-corrected chi connectivity index (χ2v) is 7.48. The molecule has 0 spiro atoms. The summed E-state index contributed by atoms with van der Waals surface area (Å²) in [5.41, 5.74) is 5.64. The maximum Gasteiger partial charge on any atom is 0.240 e. The summed E-state index contributed by atoms with van der Waals surface area (Å²) in [5, 5.41) is 0. The summed E-state index contributed by atoms with van der Waals surface area (Å²) in [6.45, 7) is 2.93. The zero-order chi connectivity index (χ0) is 16.2. The molecule has 0 aromatic heterocycles. The van der Waals surface area contributed by atoms with E-state index in [0.717, 1.165) is 0 Å². The number of sulfonamides is 1. The van der Waals surface area contributed by atoms with Crippen molar-refractivity contribution < 1.29 is 13.2 Å². The maximum absolute atomic E-state index is 12.3. The SMILES string of the molecule is CC(N)CC(=O)N1CCC(NS(=O)(=O)c2ccccc2)CC1.Cl. The molecule has 1 aromatic rings. The standard InChI is InChI=1S/C15H23N3O3S.ClH/c1-12(16)11-15(19)18-9-7-13(8-10-18)17-22(20,21)14-5-3-2-4-6-14;/h2-6,12-13,17H,7-11,16H2,1H3;1H. The van der Waals surface area contributed by atoms with E-state index in [4.69, 9.17) is 5.73 Å². The van der Waals surface area contributed by atoms with Crippen LogP contribution in [0.5, 0.6) is 0 Å². The molecule has 0 aliphatic carbocycles. The Balaban J connectivity index is 0.00000264. The quantitative estimate of drug-likeness (QED) is 0.821. The largest absolute Gasteiger partial charge is 0.343 e. The van der Waals surface area contributed by atoms with Crippen LogP contribution >= 0.6 is 12.4 Å². The van der Waals surface area contributed by atoms with Gasteiger partial charge in [-0.2, -0.15) is 0 Å². The zero-order valence-corrected chi connectivity index (χ0v) is 14.8. The van der Waals surface area contributed by atoms with Crippen molar-refractivity contribution >= 4 is 28.3 Å². The lowest BCUT2D eigenvalue weighted by atomic mass is 10.1. The summed E-state index contributed by atoms with van der Waals surface area (Å²) in [7, 11) is -3.49. The third-order valence-electron chi connectivity index (χ3n) is 3.72. The number of halogens is 1. The molecule has 23 heavy (non-hydrogen) atoms. The molecule has 1 unspecified atom stereocenters. The lowest BCUT2D eigenvalue weighted by Crippen LogP contribution is -2.47. The number of amides is 1. The van der Waals surface area contributed by atoms with Gasteiger partial charge in [0, 0.05) is 31.6 Å². The van der Waals surface area contributed by atoms with Crippen LogP contribution in [0.2, 0.25) is 0 Å². The summed E-state index contributed by atoms with van der Waals surface area (Å²) in [6.07, 6.45) is 1.58. The van der Waals surface area contributed by atoms with Crippen molar-refractivity contribution in [3.8, 4) is 0 Å². The highest BCUT2D eigenvalue weighted by atomic mass is 35.5. The van der Waals surface area contributed by atoms with Gasteiger partial charge in [-0.1, -0.05) is 18.2 Å². The second-order valence-electron chi connectivity index (χ2n) is 5.77. The van der Waals surface area contributed by atoms with Gasteiger partial charge >= 0.3 is 0 Å². The van der Waals surface area contributed by atoms with Gasteiger partial charge < -0.3 is 10.6 Å². The molecule has 0 radical (unpaired) electrons. The molecule has 2 rings (SSSR count). The van der Waals surface area contributed by atoms with Crippen LogP contribution in [-0.2, 0) is 14.8 Å². The minimum Gasteiger partial charge on any atom is -0.343 e. The third-order valence-corrected chi connectivity index (χ3v) is 5.26. The molecule has 1 fully saturated rings. The molecule has 6 nitrogen and oxygen atoms in total. The van der Waals surface area contributed by atoms with Crippen LogP contribution < -0.4 is 10.5 Å². The van der Waals surface area contributed by atoms with Crippen molar-refractivity contribution in [3.05, 3.63) is 30.3 Å². The fourth-order valence-corrected chi connectivity index (χ4v) is 3.86. The summed E-state index contributed by atoms with van der Waals surface area (Å²) in [5.74, 6) is 0.0411. The number of piperidine rings is 1. The number of nitrogens with zero attached hydrogens (tertiary/aromatic N) is 1. The molecule has 1 aromatic carbocycles. The highest BCUT2D eigenvalue weighted by Gasteiger charge is 2.26. The molecule has 1 saturated heterocycles. The van der Waals surface area contributed by atoms with Gasteiger partial charge in [-0.25, -0.2) is 13.1 Å². The third kappa shape index (κ3) is 5.76. The van der Waals surface area contributed by atoms with Crippen molar-refractivity contribution in [3.63, 3.8) is 0 Å². The first-order chi connectivity index (χ1) is 10.4. The summed E-state index contributed by atoms with van der Waals surface area (Å²) >= 11 is 0. The molecule has 1 atom stereocenters. The second kappa shape index (κ2) is 8.63. The first kappa shape index (κ1) is 19.9. The fourth-order valence-electron chi connectivity index (χ4n) is 2.54. The number of benzene rings is 1. The summed E-state index contributed by atoms with van der Waals surface area (Å²) < 4.78 is 27.2. The van der Waals surface area contributed by atoms with Gasteiger partial charge in [0.05, 0.1) is 4.90 Å². The van der Waals surface area contributed by atoms with Gasteiger partial charge in [0.2, 0.25) is 15.9 Å². The predicted molar refractivity (Wildman–Crippen MR) is 91.9 cm³/mol. The Kier molecular flexibility index (Phi) is 7.47. The lowest BCUT2D eigenvalue weighted by molar-refractivity contribution is -0.132. The van der Waals surface area contributed by atoms with Crippen LogP contribution in [0.25, 0.3) is 0 Å². The molecule has 1 amide bonds. The van der Waals surface area contributed by atoms with Crippen LogP contribution in [0.4, 0.5) is 0 Å². The number of nitrogens with one attached hydrogen (secondary N) is 1. The topological polar surface area (TPSA) is 92.5 Å². The normalized spacial score (nSPS) is 17.4. The van der Waals surface area contributed by atoms with Crippen LogP contribution in [-0.4, -0.2) is 44.4 Å². The Bertz CT molecular complexity index is 600. The number of hydrogen-bond acceptors (Lipinski definition) is 4. The van der Waals surface area contributed by atoms with Gasteiger partial charge in [-0.05, 0) is 31.9 Å². The van der Waals surface area contributed by atoms with E-state index in [1.807, 2.05) is 0 Å². The van der Waals surface area contributed by atoms with Crippen molar-refractivity contribution in [2.45, 2.75) is 43.2 Å². The Labute approximate surface area is 143 Å². The maximum atomic E-state index is 12.3.